The lowest BCUT2D eigenvalue weighted by molar-refractivity contribution is -0.122. The Morgan fingerprint density at radius 1 is 1.24 bits per heavy atom. The molecule has 1 aromatic heterocycles. The van der Waals surface area contributed by atoms with Gasteiger partial charge >= 0.3 is 0 Å². The van der Waals surface area contributed by atoms with Crippen molar-refractivity contribution in [2.24, 2.45) is 0 Å². The second kappa shape index (κ2) is 5.34. The number of ether oxygens (including phenoxy) is 1. The van der Waals surface area contributed by atoms with Gasteiger partial charge in [-0.3, -0.25) is 4.79 Å². The van der Waals surface area contributed by atoms with Gasteiger partial charge in [0.05, 0.1) is 5.92 Å². The van der Waals surface area contributed by atoms with Gasteiger partial charge in [-0.1, -0.05) is 18.2 Å². The number of nitrogens with one attached hydrogen (secondary N) is 1. The van der Waals surface area contributed by atoms with E-state index in [1.54, 1.807) is 0 Å². The predicted octanol–water partition coefficient (Wildman–Crippen LogP) is 2.77. The van der Waals surface area contributed by atoms with Crippen molar-refractivity contribution in [1.82, 2.24) is 4.98 Å². The zero-order valence-electron chi connectivity index (χ0n) is 9.72. The third-order valence-electron chi connectivity index (χ3n) is 2.70. The number of aromatic amines is 1. The summed E-state index contributed by atoms with van der Waals surface area (Å²) in [6, 6.07) is 13.2. The number of hydrogen-bond acceptors (Lipinski definition) is 2. The SMILES string of the molecule is CC(C(=O)COc1ccccc1)c1ccc[nH]1. The average molecular weight is 229 g/mol. The first kappa shape index (κ1) is 11.5. The standard InChI is InChI=1S/C14H15NO2/c1-11(13-8-5-9-15-13)14(16)10-17-12-6-3-2-4-7-12/h2-9,11,15H,10H2,1H3. The Balaban J connectivity index is 1.90. The summed E-state index contributed by atoms with van der Waals surface area (Å²) in [6.45, 7) is 1.98. The van der Waals surface area contributed by atoms with E-state index in [2.05, 4.69) is 4.98 Å². The summed E-state index contributed by atoms with van der Waals surface area (Å²) >= 11 is 0. The molecule has 3 heteroatoms. The van der Waals surface area contributed by atoms with E-state index < -0.39 is 0 Å². The molecule has 0 fully saturated rings. The molecule has 0 aliphatic heterocycles. The highest BCUT2D eigenvalue weighted by Gasteiger charge is 2.16. The molecule has 0 spiro atoms. The number of hydrogen-bond donors (Lipinski definition) is 1. The minimum atomic E-state index is -0.159. The minimum Gasteiger partial charge on any atom is -0.486 e. The summed E-state index contributed by atoms with van der Waals surface area (Å²) < 4.78 is 5.42. The molecule has 0 saturated carbocycles. The Bertz CT molecular complexity index is 462. The van der Waals surface area contributed by atoms with Gasteiger partial charge in [0, 0.05) is 11.9 Å². The van der Waals surface area contributed by atoms with Crippen LogP contribution >= 0.6 is 0 Å². The van der Waals surface area contributed by atoms with E-state index in [4.69, 9.17) is 4.74 Å². The van der Waals surface area contributed by atoms with E-state index in [1.165, 1.54) is 0 Å². The lowest BCUT2D eigenvalue weighted by Crippen LogP contribution is -2.18. The van der Waals surface area contributed by atoms with Gasteiger partial charge in [-0.2, -0.15) is 0 Å². The molecule has 0 bridgehead atoms. The van der Waals surface area contributed by atoms with Crippen molar-refractivity contribution >= 4 is 5.78 Å². The highest BCUT2D eigenvalue weighted by molar-refractivity contribution is 5.86. The Hall–Kier alpha value is -2.03. The summed E-state index contributed by atoms with van der Waals surface area (Å²) in [5, 5.41) is 0. The normalized spacial score (nSPS) is 12.1. The highest BCUT2D eigenvalue weighted by Crippen LogP contribution is 2.15. The molecule has 1 heterocycles. The average Bonchev–Trinajstić information content (AvgIpc) is 2.90. The number of para-hydroxylation sites is 1. The Morgan fingerprint density at radius 3 is 2.65 bits per heavy atom. The number of carbonyl (C=O) groups excluding carboxylic acids is 1. The highest BCUT2D eigenvalue weighted by atomic mass is 16.5. The van der Waals surface area contributed by atoms with Crippen molar-refractivity contribution in [2.75, 3.05) is 6.61 Å². The summed E-state index contributed by atoms with van der Waals surface area (Å²) in [5.74, 6) is 0.629. The van der Waals surface area contributed by atoms with Gasteiger partial charge in [-0.15, -0.1) is 0 Å². The van der Waals surface area contributed by atoms with Gasteiger partial charge in [0.15, 0.2) is 5.78 Å². The van der Waals surface area contributed by atoms with Crippen LogP contribution in [0.5, 0.6) is 5.75 Å². The van der Waals surface area contributed by atoms with Crippen molar-refractivity contribution in [2.45, 2.75) is 12.8 Å². The summed E-state index contributed by atoms with van der Waals surface area (Å²) in [7, 11) is 0. The third-order valence-corrected chi connectivity index (χ3v) is 2.70. The van der Waals surface area contributed by atoms with Gasteiger partial charge < -0.3 is 9.72 Å². The predicted molar refractivity (Wildman–Crippen MR) is 66.2 cm³/mol. The molecular formula is C14H15NO2. The Labute approximate surface area is 100 Å². The van der Waals surface area contributed by atoms with Crippen LogP contribution in [0, 0.1) is 0 Å². The van der Waals surface area contributed by atoms with Crippen molar-refractivity contribution < 1.29 is 9.53 Å². The van der Waals surface area contributed by atoms with Crippen LogP contribution in [0.25, 0.3) is 0 Å². The molecule has 0 aliphatic carbocycles. The number of rotatable bonds is 5. The number of benzene rings is 1. The molecule has 3 nitrogen and oxygen atoms in total. The number of aromatic nitrogens is 1. The molecule has 0 amide bonds. The van der Waals surface area contributed by atoms with E-state index in [0.717, 1.165) is 11.4 Å². The first-order valence-electron chi connectivity index (χ1n) is 5.61. The van der Waals surface area contributed by atoms with Crippen molar-refractivity contribution in [3.8, 4) is 5.75 Å². The molecule has 1 atom stereocenters. The quantitative estimate of drug-likeness (QED) is 0.856. The minimum absolute atomic E-state index is 0.0660. The van der Waals surface area contributed by atoms with Crippen molar-refractivity contribution in [1.29, 1.82) is 0 Å². The molecule has 17 heavy (non-hydrogen) atoms. The molecule has 1 N–H and O–H groups in total. The summed E-state index contributed by atoms with van der Waals surface area (Å²) in [4.78, 5) is 14.9. The van der Waals surface area contributed by atoms with Gasteiger partial charge in [0.2, 0.25) is 0 Å². The van der Waals surface area contributed by atoms with Crippen LogP contribution in [-0.4, -0.2) is 17.4 Å². The van der Waals surface area contributed by atoms with Crippen molar-refractivity contribution in [3.05, 3.63) is 54.4 Å². The van der Waals surface area contributed by atoms with E-state index in [0.29, 0.717) is 0 Å². The maximum atomic E-state index is 11.9. The number of Topliss-reactive ketones (excluding diaryl/α,β-unsaturated/α-hetero) is 1. The molecule has 1 aromatic carbocycles. The first-order chi connectivity index (χ1) is 8.27. The van der Waals surface area contributed by atoms with E-state index >= 15 is 0 Å². The zero-order valence-corrected chi connectivity index (χ0v) is 9.72. The lowest BCUT2D eigenvalue weighted by Gasteiger charge is -2.10. The van der Waals surface area contributed by atoms with Crippen LogP contribution < -0.4 is 4.74 Å². The molecule has 0 radical (unpaired) electrons. The fourth-order valence-electron chi connectivity index (χ4n) is 1.58. The topological polar surface area (TPSA) is 42.1 Å². The maximum Gasteiger partial charge on any atom is 0.178 e. The van der Waals surface area contributed by atoms with E-state index in [-0.39, 0.29) is 18.3 Å². The fraction of sp³-hybridized carbons (Fsp3) is 0.214. The van der Waals surface area contributed by atoms with Gasteiger partial charge in [-0.25, -0.2) is 0 Å². The van der Waals surface area contributed by atoms with Crippen LogP contribution in [0.3, 0.4) is 0 Å². The molecule has 1 unspecified atom stereocenters. The Kier molecular flexibility index (Phi) is 3.60. The summed E-state index contributed by atoms with van der Waals surface area (Å²) in [5.41, 5.74) is 0.923. The largest absolute Gasteiger partial charge is 0.486 e. The second-order valence-corrected chi connectivity index (χ2v) is 3.92. The van der Waals surface area contributed by atoms with Crippen LogP contribution in [0.2, 0.25) is 0 Å². The van der Waals surface area contributed by atoms with Gasteiger partial charge in [0.1, 0.15) is 12.4 Å². The zero-order chi connectivity index (χ0) is 12.1. The lowest BCUT2D eigenvalue weighted by atomic mass is 10.0. The maximum absolute atomic E-state index is 11.9. The van der Waals surface area contributed by atoms with Crippen LogP contribution in [0.4, 0.5) is 0 Å². The van der Waals surface area contributed by atoms with E-state index in [1.807, 2.05) is 55.6 Å². The van der Waals surface area contributed by atoms with Crippen LogP contribution in [0.15, 0.2) is 48.7 Å². The smallest absolute Gasteiger partial charge is 0.178 e. The Morgan fingerprint density at radius 2 is 2.00 bits per heavy atom. The molecule has 0 aliphatic rings. The molecule has 88 valence electrons. The van der Waals surface area contributed by atoms with E-state index in [9.17, 15) is 4.79 Å². The summed E-state index contributed by atoms with van der Waals surface area (Å²) in [6.07, 6.45) is 1.82. The van der Waals surface area contributed by atoms with Crippen LogP contribution in [-0.2, 0) is 4.79 Å². The van der Waals surface area contributed by atoms with Gasteiger partial charge in [0.25, 0.3) is 0 Å². The molecule has 2 rings (SSSR count). The first-order valence-corrected chi connectivity index (χ1v) is 5.61. The van der Waals surface area contributed by atoms with Gasteiger partial charge in [-0.05, 0) is 31.2 Å². The fourth-order valence-corrected chi connectivity index (χ4v) is 1.58. The van der Waals surface area contributed by atoms with Crippen molar-refractivity contribution in [3.63, 3.8) is 0 Å². The monoisotopic (exact) mass is 229 g/mol. The number of carbonyl (C=O) groups is 1. The number of H-pyrrole nitrogens is 1. The number of ketones is 1. The second-order valence-electron chi connectivity index (χ2n) is 3.92. The molecule has 0 saturated heterocycles. The molecule has 2 aromatic rings. The molecular weight excluding hydrogens is 214 g/mol. The van der Waals surface area contributed by atoms with Crippen LogP contribution in [0.1, 0.15) is 18.5 Å². The third kappa shape index (κ3) is 2.97.